The van der Waals surface area contributed by atoms with Crippen LogP contribution in [0.1, 0.15) is 16.8 Å². The Morgan fingerprint density at radius 3 is 2.21 bits per heavy atom. The predicted octanol–water partition coefficient (Wildman–Crippen LogP) is 4.80. The Labute approximate surface area is 145 Å². The maximum absolute atomic E-state index is 8.80. The summed E-state index contributed by atoms with van der Waals surface area (Å²) in [5.41, 5.74) is 1.70. The quantitative estimate of drug-likeness (QED) is 0.634. The molecule has 24 heavy (non-hydrogen) atoms. The largest absolute Gasteiger partial charge is 0.457 e. The first-order valence-corrected chi connectivity index (χ1v) is 7.53. The zero-order valence-corrected chi connectivity index (χ0v) is 13.3. The van der Waals surface area contributed by atoms with Crippen LogP contribution in [0.2, 0.25) is 5.02 Å². The number of benzene rings is 2. The molecule has 0 aliphatic heterocycles. The van der Waals surface area contributed by atoms with Crippen LogP contribution in [-0.2, 0) is 0 Å². The van der Waals surface area contributed by atoms with Crippen molar-refractivity contribution in [2.24, 2.45) is 0 Å². The molecule has 0 aliphatic carbocycles. The molecule has 0 spiro atoms. The fourth-order valence-corrected chi connectivity index (χ4v) is 2.17. The first kappa shape index (κ1) is 15.6. The molecule has 0 radical (unpaired) electrons. The highest BCUT2D eigenvalue weighted by Crippen LogP contribution is 2.21. The standard InChI is InChI=1S/C20H11ClN2O/c21-19-12-16(14-23-20(19)13-22)7-6-15-8-10-18(11-9-15)24-17-4-2-1-3-5-17/h1-5,8-12,14H. The minimum absolute atomic E-state index is 0.199. The van der Waals surface area contributed by atoms with Crippen molar-refractivity contribution in [1.82, 2.24) is 4.98 Å². The molecule has 0 atom stereocenters. The van der Waals surface area contributed by atoms with Crippen LogP contribution in [-0.4, -0.2) is 4.98 Å². The van der Waals surface area contributed by atoms with E-state index < -0.39 is 0 Å². The average Bonchev–Trinajstić information content (AvgIpc) is 2.62. The molecule has 0 fully saturated rings. The molecule has 0 N–H and O–H groups in total. The Kier molecular flexibility index (Phi) is 4.77. The van der Waals surface area contributed by atoms with Gasteiger partial charge in [-0.3, -0.25) is 0 Å². The molecule has 3 rings (SSSR count). The minimum Gasteiger partial charge on any atom is -0.457 e. The number of hydrogen-bond acceptors (Lipinski definition) is 3. The van der Waals surface area contributed by atoms with Crippen LogP contribution in [0.25, 0.3) is 0 Å². The number of rotatable bonds is 2. The second-order valence-electron chi connectivity index (χ2n) is 4.86. The van der Waals surface area contributed by atoms with E-state index in [1.165, 1.54) is 6.20 Å². The Bertz CT molecular complexity index is 949. The van der Waals surface area contributed by atoms with Gasteiger partial charge in [-0.25, -0.2) is 4.98 Å². The first-order chi connectivity index (χ1) is 11.7. The third kappa shape index (κ3) is 3.93. The highest BCUT2D eigenvalue weighted by atomic mass is 35.5. The Morgan fingerprint density at radius 1 is 0.875 bits per heavy atom. The van der Waals surface area contributed by atoms with E-state index in [-0.39, 0.29) is 5.69 Å². The van der Waals surface area contributed by atoms with Gasteiger partial charge in [0.25, 0.3) is 0 Å². The second kappa shape index (κ2) is 7.33. The normalized spacial score (nSPS) is 9.50. The summed E-state index contributed by atoms with van der Waals surface area (Å²) in [4.78, 5) is 3.95. The zero-order chi connectivity index (χ0) is 16.8. The molecule has 0 aliphatic rings. The van der Waals surface area contributed by atoms with Crippen molar-refractivity contribution >= 4 is 11.6 Å². The van der Waals surface area contributed by atoms with Crippen LogP contribution < -0.4 is 4.74 Å². The number of halogens is 1. The molecule has 0 saturated heterocycles. The number of nitriles is 1. The van der Waals surface area contributed by atoms with E-state index >= 15 is 0 Å². The molecule has 0 unspecified atom stereocenters. The van der Waals surface area contributed by atoms with Crippen molar-refractivity contribution in [3.05, 3.63) is 88.7 Å². The molecule has 2 aromatic carbocycles. The topological polar surface area (TPSA) is 45.9 Å². The molecule has 0 bridgehead atoms. The monoisotopic (exact) mass is 330 g/mol. The fourth-order valence-electron chi connectivity index (χ4n) is 1.96. The number of aromatic nitrogens is 1. The van der Waals surface area contributed by atoms with Gasteiger partial charge in [0.05, 0.1) is 5.02 Å². The summed E-state index contributed by atoms with van der Waals surface area (Å²) in [5, 5.41) is 9.11. The van der Waals surface area contributed by atoms with Gasteiger partial charge < -0.3 is 4.74 Å². The van der Waals surface area contributed by atoms with Gasteiger partial charge in [0.1, 0.15) is 17.6 Å². The Hall–Kier alpha value is -3.27. The summed E-state index contributed by atoms with van der Waals surface area (Å²) in [6.07, 6.45) is 1.53. The lowest BCUT2D eigenvalue weighted by Crippen LogP contribution is -1.86. The number of hydrogen-bond donors (Lipinski definition) is 0. The molecule has 4 heteroatoms. The zero-order valence-electron chi connectivity index (χ0n) is 12.5. The lowest BCUT2D eigenvalue weighted by molar-refractivity contribution is 0.482. The third-order valence-electron chi connectivity index (χ3n) is 3.13. The fraction of sp³-hybridized carbons (Fsp3) is 0. The molecular weight excluding hydrogens is 320 g/mol. The number of nitrogens with zero attached hydrogens (tertiary/aromatic N) is 2. The van der Waals surface area contributed by atoms with E-state index in [0.717, 1.165) is 17.1 Å². The first-order valence-electron chi connectivity index (χ1n) is 7.15. The van der Waals surface area contributed by atoms with Crippen LogP contribution in [0.4, 0.5) is 0 Å². The van der Waals surface area contributed by atoms with E-state index in [1.54, 1.807) is 6.07 Å². The summed E-state index contributed by atoms with van der Waals surface area (Å²) in [6.45, 7) is 0. The Balaban J connectivity index is 1.73. The van der Waals surface area contributed by atoms with Gasteiger partial charge in [0, 0.05) is 17.3 Å². The summed E-state index contributed by atoms with van der Waals surface area (Å²) in [6, 6.07) is 20.6. The molecule has 3 aromatic rings. The van der Waals surface area contributed by atoms with Crippen LogP contribution in [0, 0.1) is 23.2 Å². The maximum Gasteiger partial charge on any atom is 0.159 e. The van der Waals surface area contributed by atoms with Crippen LogP contribution in [0.3, 0.4) is 0 Å². The smallest absolute Gasteiger partial charge is 0.159 e. The van der Waals surface area contributed by atoms with E-state index in [1.807, 2.05) is 60.7 Å². The van der Waals surface area contributed by atoms with Crippen molar-refractivity contribution in [1.29, 1.82) is 5.26 Å². The Morgan fingerprint density at radius 2 is 1.54 bits per heavy atom. The highest BCUT2D eigenvalue weighted by Gasteiger charge is 2.00. The molecule has 1 aromatic heterocycles. The number of ether oxygens (including phenoxy) is 1. The lowest BCUT2D eigenvalue weighted by Gasteiger charge is -2.04. The molecule has 0 saturated carbocycles. The van der Waals surface area contributed by atoms with Crippen molar-refractivity contribution in [3.8, 4) is 29.4 Å². The summed E-state index contributed by atoms with van der Waals surface area (Å²) >= 11 is 5.94. The van der Waals surface area contributed by atoms with Gasteiger partial charge in [0.2, 0.25) is 0 Å². The van der Waals surface area contributed by atoms with Crippen LogP contribution in [0.5, 0.6) is 11.5 Å². The molecule has 114 valence electrons. The van der Waals surface area contributed by atoms with Crippen LogP contribution in [0.15, 0.2) is 66.9 Å². The molecular formula is C20H11ClN2O. The van der Waals surface area contributed by atoms with Crippen molar-refractivity contribution in [2.45, 2.75) is 0 Å². The maximum atomic E-state index is 8.80. The van der Waals surface area contributed by atoms with Gasteiger partial charge in [0.15, 0.2) is 5.69 Å². The van der Waals surface area contributed by atoms with Gasteiger partial charge in [-0.15, -0.1) is 0 Å². The van der Waals surface area contributed by atoms with Gasteiger partial charge in [-0.2, -0.15) is 5.26 Å². The van der Waals surface area contributed by atoms with Crippen molar-refractivity contribution in [2.75, 3.05) is 0 Å². The SMILES string of the molecule is N#Cc1ncc(C#Cc2ccc(Oc3ccccc3)cc2)cc1Cl. The lowest BCUT2D eigenvalue weighted by atomic mass is 10.2. The average molecular weight is 331 g/mol. The second-order valence-corrected chi connectivity index (χ2v) is 5.26. The summed E-state index contributed by atoms with van der Waals surface area (Å²) < 4.78 is 5.73. The molecule has 1 heterocycles. The van der Waals surface area contributed by atoms with Crippen molar-refractivity contribution < 1.29 is 4.74 Å². The van der Waals surface area contributed by atoms with Crippen LogP contribution >= 0.6 is 11.6 Å². The van der Waals surface area contributed by atoms with E-state index in [0.29, 0.717) is 10.6 Å². The summed E-state index contributed by atoms with van der Waals surface area (Å²) in [7, 11) is 0. The van der Waals surface area contributed by atoms with Gasteiger partial charge in [-0.1, -0.05) is 41.6 Å². The summed E-state index contributed by atoms with van der Waals surface area (Å²) in [5.74, 6) is 7.54. The number of pyridine rings is 1. The molecule has 0 amide bonds. The minimum atomic E-state index is 0.199. The van der Waals surface area contributed by atoms with E-state index in [4.69, 9.17) is 21.6 Å². The third-order valence-corrected chi connectivity index (χ3v) is 3.42. The number of para-hydroxylation sites is 1. The van der Waals surface area contributed by atoms with E-state index in [2.05, 4.69) is 16.8 Å². The van der Waals surface area contributed by atoms with E-state index in [9.17, 15) is 0 Å². The predicted molar refractivity (Wildman–Crippen MR) is 92.9 cm³/mol. The van der Waals surface area contributed by atoms with Gasteiger partial charge >= 0.3 is 0 Å². The molecule has 3 nitrogen and oxygen atoms in total. The highest BCUT2D eigenvalue weighted by molar-refractivity contribution is 6.31. The van der Waals surface area contributed by atoms with Crippen molar-refractivity contribution in [3.63, 3.8) is 0 Å². The van der Waals surface area contributed by atoms with Gasteiger partial charge in [-0.05, 0) is 42.5 Å².